The van der Waals surface area contributed by atoms with Gasteiger partial charge in [-0.3, -0.25) is 9.59 Å². The number of carbonyl (C=O) groups excluding carboxylic acids is 2. The number of hydrogen-bond acceptors (Lipinski definition) is 3. The van der Waals surface area contributed by atoms with Crippen molar-refractivity contribution in [1.82, 2.24) is 4.90 Å². The fraction of sp³-hybridized carbons (Fsp3) is 0.300. The van der Waals surface area contributed by atoms with Crippen LogP contribution in [-0.2, 0) is 4.79 Å². The third-order valence-electron chi connectivity index (χ3n) is 4.44. The summed E-state index contributed by atoms with van der Waals surface area (Å²) in [6, 6.07) is 13.3. The molecule has 1 saturated heterocycles. The van der Waals surface area contributed by atoms with E-state index in [4.69, 9.17) is 4.74 Å². The molecule has 5 nitrogen and oxygen atoms in total. The first-order valence-electron chi connectivity index (χ1n) is 8.30. The average molecular weight is 338 g/mol. The van der Waals surface area contributed by atoms with Gasteiger partial charge in [-0.25, -0.2) is 0 Å². The number of rotatable bonds is 3. The lowest BCUT2D eigenvalue weighted by Crippen LogP contribution is -2.52. The molecule has 0 aromatic heterocycles. The summed E-state index contributed by atoms with van der Waals surface area (Å²) in [6.07, 6.45) is 0. The van der Waals surface area contributed by atoms with Crippen molar-refractivity contribution in [2.24, 2.45) is 0 Å². The fourth-order valence-corrected chi connectivity index (χ4v) is 3.00. The Kier molecular flexibility index (Phi) is 4.74. The molecule has 130 valence electrons. The summed E-state index contributed by atoms with van der Waals surface area (Å²) in [5.74, 6) is 0.288. The molecule has 1 fully saturated rings. The molecule has 2 amide bonds. The summed E-state index contributed by atoms with van der Waals surface area (Å²) in [5.41, 5.74) is 3.50. The van der Waals surface area contributed by atoms with Gasteiger partial charge >= 0.3 is 0 Å². The highest BCUT2D eigenvalue weighted by Gasteiger charge is 2.29. The summed E-state index contributed by atoms with van der Waals surface area (Å²) in [5, 5.41) is 0. The number of ether oxygens (including phenoxy) is 1. The number of methoxy groups -OCH3 is 1. The summed E-state index contributed by atoms with van der Waals surface area (Å²) >= 11 is 0. The van der Waals surface area contributed by atoms with E-state index in [-0.39, 0.29) is 18.4 Å². The van der Waals surface area contributed by atoms with Gasteiger partial charge in [-0.2, -0.15) is 0 Å². The van der Waals surface area contributed by atoms with Crippen molar-refractivity contribution in [2.45, 2.75) is 13.8 Å². The summed E-state index contributed by atoms with van der Waals surface area (Å²) in [4.78, 5) is 28.7. The minimum Gasteiger partial charge on any atom is -0.496 e. The zero-order valence-electron chi connectivity index (χ0n) is 14.8. The van der Waals surface area contributed by atoms with Gasteiger partial charge < -0.3 is 14.5 Å². The van der Waals surface area contributed by atoms with Crippen LogP contribution in [0.5, 0.6) is 5.75 Å². The van der Waals surface area contributed by atoms with Crippen LogP contribution < -0.4 is 9.64 Å². The molecule has 1 aliphatic heterocycles. The van der Waals surface area contributed by atoms with Crippen LogP contribution in [0.2, 0.25) is 0 Å². The minimum absolute atomic E-state index is 0.0732. The summed E-state index contributed by atoms with van der Waals surface area (Å²) in [6.45, 7) is 5.00. The highest BCUT2D eigenvalue weighted by atomic mass is 16.5. The summed E-state index contributed by atoms with van der Waals surface area (Å²) in [7, 11) is 1.54. The lowest BCUT2D eigenvalue weighted by atomic mass is 10.1. The van der Waals surface area contributed by atoms with E-state index in [1.54, 1.807) is 29.0 Å². The van der Waals surface area contributed by atoms with E-state index in [0.717, 1.165) is 16.8 Å². The molecule has 0 saturated carbocycles. The Morgan fingerprint density at radius 1 is 1.00 bits per heavy atom. The Morgan fingerprint density at radius 3 is 2.32 bits per heavy atom. The average Bonchev–Trinajstić information content (AvgIpc) is 2.62. The second kappa shape index (κ2) is 6.97. The Bertz CT molecular complexity index is 799. The molecule has 0 bridgehead atoms. The second-order valence-corrected chi connectivity index (χ2v) is 6.31. The lowest BCUT2D eigenvalue weighted by molar-refractivity contribution is -0.120. The van der Waals surface area contributed by atoms with Gasteiger partial charge in [0.05, 0.1) is 12.7 Å². The van der Waals surface area contributed by atoms with Gasteiger partial charge in [-0.05, 0) is 38.1 Å². The van der Waals surface area contributed by atoms with E-state index in [1.807, 2.05) is 44.2 Å². The molecule has 0 unspecified atom stereocenters. The van der Waals surface area contributed by atoms with Crippen molar-refractivity contribution < 1.29 is 14.3 Å². The Hall–Kier alpha value is -2.82. The maximum Gasteiger partial charge on any atom is 0.258 e. The number of piperazine rings is 1. The molecule has 5 heteroatoms. The lowest BCUT2D eigenvalue weighted by Gasteiger charge is -2.34. The van der Waals surface area contributed by atoms with Crippen molar-refractivity contribution in [1.29, 1.82) is 0 Å². The fourth-order valence-electron chi connectivity index (χ4n) is 3.00. The molecule has 0 radical (unpaired) electrons. The first-order chi connectivity index (χ1) is 12.0. The van der Waals surface area contributed by atoms with Crippen LogP contribution in [0, 0.1) is 13.8 Å². The Balaban J connectivity index is 1.77. The Morgan fingerprint density at radius 2 is 1.68 bits per heavy atom. The number of hydrogen-bond donors (Lipinski definition) is 0. The zero-order chi connectivity index (χ0) is 18.0. The van der Waals surface area contributed by atoms with E-state index >= 15 is 0 Å². The van der Waals surface area contributed by atoms with E-state index < -0.39 is 0 Å². The maximum atomic E-state index is 12.8. The molecule has 2 aromatic carbocycles. The molecule has 0 aliphatic carbocycles. The number of carbonyl (C=O) groups is 2. The van der Waals surface area contributed by atoms with Crippen LogP contribution in [0.4, 0.5) is 5.69 Å². The first kappa shape index (κ1) is 17.0. The third kappa shape index (κ3) is 3.50. The first-order valence-corrected chi connectivity index (χ1v) is 8.30. The number of aryl methyl sites for hydroxylation is 2. The van der Waals surface area contributed by atoms with Crippen molar-refractivity contribution in [3.05, 3.63) is 59.2 Å². The maximum absolute atomic E-state index is 12.8. The minimum atomic E-state index is -0.169. The molecule has 0 spiro atoms. The van der Waals surface area contributed by atoms with Gasteiger partial charge in [0.25, 0.3) is 5.91 Å². The van der Waals surface area contributed by atoms with Gasteiger partial charge in [0.15, 0.2) is 0 Å². The highest BCUT2D eigenvalue weighted by Crippen LogP contribution is 2.23. The van der Waals surface area contributed by atoms with Crippen LogP contribution >= 0.6 is 0 Å². The standard InChI is InChI=1S/C20H22N2O3/c1-14-4-7-16(8-5-14)22-11-10-21(13-19(22)23)20(24)17-12-15(2)6-9-18(17)25-3/h4-9,12H,10-11,13H2,1-3H3. The van der Waals surface area contributed by atoms with Crippen LogP contribution in [0.3, 0.4) is 0 Å². The smallest absolute Gasteiger partial charge is 0.258 e. The predicted octanol–water partition coefficient (Wildman–Crippen LogP) is 2.80. The Labute approximate surface area is 147 Å². The topological polar surface area (TPSA) is 49.9 Å². The van der Waals surface area contributed by atoms with Crippen molar-refractivity contribution in [3.8, 4) is 5.75 Å². The van der Waals surface area contributed by atoms with E-state index in [1.165, 1.54) is 0 Å². The van der Waals surface area contributed by atoms with Gasteiger partial charge in [-0.15, -0.1) is 0 Å². The van der Waals surface area contributed by atoms with Crippen LogP contribution in [0.1, 0.15) is 21.5 Å². The van der Waals surface area contributed by atoms with Crippen LogP contribution in [-0.4, -0.2) is 43.5 Å². The van der Waals surface area contributed by atoms with Crippen molar-refractivity contribution in [3.63, 3.8) is 0 Å². The highest BCUT2D eigenvalue weighted by molar-refractivity contribution is 6.03. The van der Waals surface area contributed by atoms with Gasteiger partial charge in [0.1, 0.15) is 12.3 Å². The monoisotopic (exact) mass is 338 g/mol. The zero-order valence-corrected chi connectivity index (χ0v) is 14.8. The van der Waals surface area contributed by atoms with Gasteiger partial charge in [0.2, 0.25) is 5.91 Å². The van der Waals surface area contributed by atoms with Crippen LogP contribution in [0.15, 0.2) is 42.5 Å². The van der Waals surface area contributed by atoms with E-state index in [0.29, 0.717) is 24.4 Å². The van der Waals surface area contributed by atoms with Crippen LogP contribution in [0.25, 0.3) is 0 Å². The third-order valence-corrected chi connectivity index (χ3v) is 4.44. The number of anilines is 1. The van der Waals surface area contributed by atoms with E-state index in [9.17, 15) is 9.59 Å². The largest absolute Gasteiger partial charge is 0.496 e. The van der Waals surface area contributed by atoms with E-state index in [2.05, 4.69) is 0 Å². The molecular formula is C20H22N2O3. The number of benzene rings is 2. The normalized spacial score (nSPS) is 14.6. The molecule has 25 heavy (non-hydrogen) atoms. The SMILES string of the molecule is COc1ccc(C)cc1C(=O)N1CCN(c2ccc(C)cc2)C(=O)C1. The molecule has 2 aromatic rings. The quantitative estimate of drug-likeness (QED) is 0.865. The number of nitrogens with zero attached hydrogens (tertiary/aromatic N) is 2. The van der Waals surface area contributed by atoms with Crippen molar-refractivity contribution in [2.75, 3.05) is 31.6 Å². The van der Waals surface area contributed by atoms with Crippen molar-refractivity contribution >= 4 is 17.5 Å². The van der Waals surface area contributed by atoms with Gasteiger partial charge in [-0.1, -0.05) is 29.3 Å². The molecule has 0 atom stereocenters. The second-order valence-electron chi connectivity index (χ2n) is 6.31. The predicted molar refractivity (Wildman–Crippen MR) is 97.2 cm³/mol. The molecule has 1 heterocycles. The van der Waals surface area contributed by atoms with Gasteiger partial charge in [0, 0.05) is 18.8 Å². The molecule has 3 rings (SSSR count). The summed E-state index contributed by atoms with van der Waals surface area (Å²) < 4.78 is 5.30. The molecular weight excluding hydrogens is 316 g/mol. The number of amides is 2. The molecule has 0 N–H and O–H groups in total. The molecule has 1 aliphatic rings.